The maximum absolute atomic E-state index is 11.1. The fourth-order valence-electron chi connectivity index (χ4n) is 1.17. The summed E-state index contributed by atoms with van der Waals surface area (Å²) < 4.78 is 0. The van der Waals surface area contributed by atoms with Gasteiger partial charge in [0.2, 0.25) is 0 Å². The van der Waals surface area contributed by atoms with Crippen LogP contribution in [0.3, 0.4) is 0 Å². The number of aromatic nitrogens is 3. The Labute approximate surface area is 62.3 Å². The summed E-state index contributed by atoms with van der Waals surface area (Å²) in [6, 6.07) is 0. The molecule has 2 N–H and O–H groups in total. The third-order valence-corrected chi connectivity index (χ3v) is 1.70. The molecule has 11 heavy (non-hydrogen) atoms. The van der Waals surface area contributed by atoms with Crippen LogP contribution < -0.4 is 5.56 Å². The van der Waals surface area contributed by atoms with Gasteiger partial charge in [0.15, 0.2) is 0 Å². The first-order valence-electron chi connectivity index (χ1n) is 3.30. The van der Waals surface area contributed by atoms with Crippen LogP contribution in [0.5, 0.6) is 0 Å². The zero-order valence-electron chi connectivity index (χ0n) is 6.01. The summed E-state index contributed by atoms with van der Waals surface area (Å²) in [5.74, 6) is 0. The third-order valence-electron chi connectivity index (χ3n) is 1.70. The molecule has 56 valence electrons. The molecule has 0 unspecified atom stereocenters. The van der Waals surface area contributed by atoms with Crippen LogP contribution in [0.1, 0.15) is 5.69 Å². The molecule has 2 aromatic heterocycles. The van der Waals surface area contributed by atoms with Crippen molar-refractivity contribution in [1.82, 2.24) is 15.2 Å². The van der Waals surface area contributed by atoms with Gasteiger partial charge in [0, 0.05) is 17.3 Å². The first kappa shape index (κ1) is 6.15. The Morgan fingerprint density at radius 1 is 1.55 bits per heavy atom. The molecule has 0 saturated carbocycles. The van der Waals surface area contributed by atoms with Crippen molar-refractivity contribution in [3.63, 3.8) is 0 Å². The van der Waals surface area contributed by atoms with E-state index in [9.17, 15) is 4.79 Å². The van der Waals surface area contributed by atoms with Gasteiger partial charge < -0.3 is 4.98 Å². The molecule has 0 amide bonds. The Bertz CT molecular complexity index is 440. The zero-order chi connectivity index (χ0) is 7.84. The molecule has 0 fully saturated rings. The molecule has 2 heterocycles. The Kier molecular flexibility index (Phi) is 1.09. The summed E-state index contributed by atoms with van der Waals surface area (Å²) in [4.78, 5) is 14.1. The summed E-state index contributed by atoms with van der Waals surface area (Å²) in [7, 11) is 0. The van der Waals surface area contributed by atoms with Crippen molar-refractivity contribution in [2.24, 2.45) is 0 Å². The smallest absolute Gasteiger partial charge is 0.273 e. The van der Waals surface area contributed by atoms with Gasteiger partial charge in [0.05, 0.1) is 11.6 Å². The lowest BCUT2D eigenvalue weighted by Crippen LogP contribution is -2.06. The van der Waals surface area contributed by atoms with Crippen LogP contribution in [-0.4, -0.2) is 15.2 Å². The third kappa shape index (κ3) is 0.756. The molecule has 0 aromatic carbocycles. The Balaban J connectivity index is 3.08. The van der Waals surface area contributed by atoms with Gasteiger partial charge in [0.25, 0.3) is 5.56 Å². The summed E-state index contributed by atoms with van der Waals surface area (Å²) >= 11 is 0. The van der Waals surface area contributed by atoms with E-state index in [1.165, 1.54) is 0 Å². The van der Waals surface area contributed by atoms with Crippen LogP contribution in [0.2, 0.25) is 0 Å². The molecule has 2 aromatic rings. The average Bonchev–Trinajstić information content (AvgIpc) is 2.34. The van der Waals surface area contributed by atoms with Crippen LogP contribution in [0.15, 0.2) is 17.2 Å². The summed E-state index contributed by atoms with van der Waals surface area (Å²) in [6.45, 7) is 1.86. The first-order chi connectivity index (χ1) is 5.29. The van der Waals surface area contributed by atoms with Crippen molar-refractivity contribution in [3.8, 4) is 0 Å². The number of nitrogens with one attached hydrogen (secondary N) is 2. The molecular weight excluding hydrogens is 142 g/mol. The van der Waals surface area contributed by atoms with Crippen LogP contribution >= 0.6 is 0 Å². The molecule has 0 spiro atoms. The number of aromatic amines is 2. The minimum absolute atomic E-state index is 0.138. The van der Waals surface area contributed by atoms with Crippen molar-refractivity contribution in [2.75, 3.05) is 0 Å². The van der Waals surface area contributed by atoms with Crippen LogP contribution in [0.25, 0.3) is 10.8 Å². The molecule has 4 nitrogen and oxygen atoms in total. The highest BCUT2D eigenvalue weighted by molar-refractivity contribution is 5.82. The van der Waals surface area contributed by atoms with Gasteiger partial charge in [-0.15, -0.1) is 0 Å². The van der Waals surface area contributed by atoms with Crippen molar-refractivity contribution in [2.45, 2.75) is 6.92 Å². The second-order valence-corrected chi connectivity index (χ2v) is 2.44. The van der Waals surface area contributed by atoms with Gasteiger partial charge >= 0.3 is 0 Å². The highest BCUT2D eigenvalue weighted by atomic mass is 16.1. The molecular formula is C7H7N3O. The molecule has 0 saturated heterocycles. The van der Waals surface area contributed by atoms with Crippen LogP contribution in [0.4, 0.5) is 0 Å². The molecule has 4 heteroatoms. The summed E-state index contributed by atoms with van der Waals surface area (Å²) in [5.41, 5.74) is 0.741. The molecule has 2 rings (SSSR count). The Morgan fingerprint density at radius 3 is 3.09 bits per heavy atom. The van der Waals surface area contributed by atoms with Crippen molar-refractivity contribution in [1.29, 1.82) is 0 Å². The lowest BCUT2D eigenvalue weighted by Gasteiger charge is -1.86. The quantitative estimate of drug-likeness (QED) is 0.574. The number of nitrogens with zero attached hydrogens (tertiary/aromatic N) is 1. The highest BCUT2D eigenvalue weighted by Gasteiger charge is 2.01. The molecule has 0 bridgehead atoms. The molecule has 0 aliphatic rings. The first-order valence-corrected chi connectivity index (χ1v) is 3.30. The summed E-state index contributed by atoms with van der Waals surface area (Å²) in [6.07, 6.45) is 3.40. The van der Waals surface area contributed by atoms with Gasteiger partial charge in [-0.3, -0.25) is 4.79 Å². The van der Waals surface area contributed by atoms with Crippen LogP contribution in [-0.2, 0) is 0 Å². The van der Waals surface area contributed by atoms with Gasteiger partial charge in [-0.2, -0.15) is 5.10 Å². The minimum Gasteiger partial charge on any atom is -0.364 e. The van der Waals surface area contributed by atoms with E-state index in [1.54, 1.807) is 12.4 Å². The zero-order valence-corrected chi connectivity index (χ0v) is 6.01. The van der Waals surface area contributed by atoms with Gasteiger partial charge in [0.1, 0.15) is 0 Å². The van der Waals surface area contributed by atoms with Gasteiger partial charge in [-0.1, -0.05) is 0 Å². The van der Waals surface area contributed by atoms with Crippen LogP contribution in [0, 0.1) is 6.92 Å². The van der Waals surface area contributed by atoms with E-state index in [1.807, 2.05) is 6.92 Å². The van der Waals surface area contributed by atoms with Gasteiger partial charge in [-0.05, 0) is 6.92 Å². The molecule has 0 radical (unpaired) electrons. The number of aryl methyl sites for hydroxylation is 1. The molecule has 0 aliphatic heterocycles. The van der Waals surface area contributed by atoms with E-state index in [0.717, 1.165) is 11.1 Å². The number of hydrogen-bond acceptors (Lipinski definition) is 2. The van der Waals surface area contributed by atoms with E-state index >= 15 is 0 Å². The second kappa shape index (κ2) is 1.95. The largest absolute Gasteiger partial charge is 0.364 e. The number of rotatable bonds is 0. The average molecular weight is 149 g/mol. The normalized spacial score (nSPS) is 10.6. The SMILES string of the molecule is Cc1[nH]cc2cn[nH]c(=O)c12. The van der Waals surface area contributed by atoms with E-state index in [4.69, 9.17) is 0 Å². The van der Waals surface area contributed by atoms with Crippen molar-refractivity contribution in [3.05, 3.63) is 28.4 Å². The van der Waals surface area contributed by atoms with E-state index in [-0.39, 0.29) is 5.56 Å². The Morgan fingerprint density at radius 2 is 2.36 bits per heavy atom. The lowest BCUT2D eigenvalue weighted by molar-refractivity contribution is 1.01. The topological polar surface area (TPSA) is 61.5 Å². The highest BCUT2D eigenvalue weighted by Crippen LogP contribution is 2.09. The maximum Gasteiger partial charge on any atom is 0.273 e. The minimum atomic E-state index is -0.138. The second-order valence-electron chi connectivity index (χ2n) is 2.44. The summed E-state index contributed by atoms with van der Waals surface area (Å²) in [5, 5.41) is 7.59. The van der Waals surface area contributed by atoms with E-state index < -0.39 is 0 Å². The maximum atomic E-state index is 11.1. The van der Waals surface area contributed by atoms with Crippen molar-refractivity contribution >= 4 is 10.8 Å². The monoisotopic (exact) mass is 149 g/mol. The number of H-pyrrole nitrogens is 2. The van der Waals surface area contributed by atoms with E-state index in [2.05, 4.69) is 15.2 Å². The fourth-order valence-corrected chi connectivity index (χ4v) is 1.17. The number of hydrogen-bond donors (Lipinski definition) is 2. The molecule has 0 atom stereocenters. The van der Waals surface area contributed by atoms with E-state index in [0.29, 0.717) is 5.39 Å². The van der Waals surface area contributed by atoms with Gasteiger partial charge in [-0.25, -0.2) is 5.10 Å². The predicted octanol–water partition coefficient (Wildman–Crippen LogP) is 0.560. The Hall–Kier alpha value is -1.58. The standard InChI is InChI=1S/C7H7N3O/c1-4-6-5(2-8-4)3-9-10-7(6)11/h2-3,8H,1H3,(H,10,11). The fraction of sp³-hybridized carbons (Fsp3) is 0.143. The molecule has 0 aliphatic carbocycles. The van der Waals surface area contributed by atoms with Crippen molar-refractivity contribution < 1.29 is 0 Å². The lowest BCUT2D eigenvalue weighted by atomic mass is 10.3. The number of fused-ring (bicyclic) bond motifs is 1. The predicted molar refractivity (Wildman–Crippen MR) is 41.5 cm³/mol.